The average molecular weight is 465 g/mol. The van der Waals surface area contributed by atoms with E-state index in [0.717, 1.165) is 14.7 Å². The molecule has 0 atom stereocenters. The van der Waals surface area contributed by atoms with Crippen LogP contribution in [0.5, 0.6) is 0 Å². The summed E-state index contributed by atoms with van der Waals surface area (Å²) in [5.41, 5.74) is 8.07. The predicted molar refractivity (Wildman–Crippen MR) is 109 cm³/mol. The van der Waals surface area contributed by atoms with E-state index in [1.54, 1.807) is 18.2 Å². The number of anilines is 1. The van der Waals surface area contributed by atoms with E-state index in [1.807, 2.05) is 60.7 Å². The summed E-state index contributed by atoms with van der Waals surface area (Å²) in [6.07, 6.45) is 0.000335. The van der Waals surface area contributed by atoms with Crippen LogP contribution in [0.25, 0.3) is 0 Å². The highest BCUT2D eigenvalue weighted by atomic mass is 127. The van der Waals surface area contributed by atoms with Crippen LogP contribution in [0.4, 0.5) is 5.69 Å². The lowest BCUT2D eigenvalue weighted by Gasteiger charge is -2.09. The van der Waals surface area contributed by atoms with E-state index < -0.39 is 11.8 Å². The Balaban J connectivity index is 1.76. The van der Waals surface area contributed by atoms with Crippen LogP contribution < -0.4 is 16.2 Å². The van der Waals surface area contributed by atoms with Crippen LogP contribution in [0, 0.1) is 17.4 Å². The number of hydrogen-bond donors (Lipinski definition) is 3. The molecule has 136 valence electrons. The molecule has 0 aliphatic rings. The second-order valence-corrected chi connectivity index (χ2v) is 6.99. The molecule has 26 heavy (non-hydrogen) atoms. The van der Waals surface area contributed by atoms with Gasteiger partial charge in [-0.05, 0) is 71.8 Å². The molecule has 0 aliphatic heterocycles. The van der Waals surface area contributed by atoms with E-state index in [1.165, 1.54) is 0 Å². The highest BCUT2D eigenvalue weighted by Gasteiger charge is 2.11. The number of benzene rings is 2. The van der Waals surface area contributed by atoms with Gasteiger partial charge in [0.15, 0.2) is 0 Å². The quantitative estimate of drug-likeness (QED) is 0.469. The fraction of sp³-hybridized carbons (Fsp3) is 0.211. The van der Waals surface area contributed by atoms with Crippen LogP contribution in [0.15, 0.2) is 42.5 Å². The van der Waals surface area contributed by atoms with Gasteiger partial charge in [-0.1, -0.05) is 18.2 Å². The molecule has 2 aromatic carbocycles. The van der Waals surface area contributed by atoms with Gasteiger partial charge >= 0.3 is 0 Å². The van der Waals surface area contributed by atoms with Crippen LogP contribution in [0.2, 0.25) is 0 Å². The van der Waals surface area contributed by atoms with Crippen molar-refractivity contribution < 1.29 is 14.4 Å². The summed E-state index contributed by atoms with van der Waals surface area (Å²) in [5.74, 6) is -1.09. The van der Waals surface area contributed by atoms with Crippen molar-refractivity contribution in [3.05, 3.63) is 62.7 Å². The molecular formula is C19H20IN3O3. The second kappa shape index (κ2) is 9.33. The number of carbonyl (C=O) groups excluding carboxylic acids is 3. The molecule has 0 unspecified atom stereocenters. The van der Waals surface area contributed by atoms with Gasteiger partial charge in [-0.25, -0.2) is 0 Å². The summed E-state index contributed by atoms with van der Waals surface area (Å²) in [4.78, 5) is 35.7. The number of hydrazine groups is 1. The van der Waals surface area contributed by atoms with Gasteiger partial charge in [0.2, 0.25) is 11.8 Å². The maximum Gasteiger partial charge on any atom is 0.270 e. The zero-order valence-electron chi connectivity index (χ0n) is 14.6. The lowest BCUT2D eigenvalue weighted by molar-refractivity contribution is -0.124. The van der Waals surface area contributed by atoms with Crippen LogP contribution >= 0.6 is 22.6 Å². The first kappa shape index (κ1) is 19.9. The first-order chi connectivity index (χ1) is 12.4. The molecule has 3 amide bonds. The second-order valence-electron chi connectivity index (χ2n) is 5.83. The Kier molecular flexibility index (Phi) is 7.14. The molecule has 7 heteroatoms. The zero-order chi connectivity index (χ0) is 19.1. The SMILES string of the molecule is Cc1ccc(NC(=O)CCC(=O)NNC(=O)c2ccccc2I)cc1C. The Morgan fingerprint density at radius 1 is 0.885 bits per heavy atom. The molecule has 2 aromatic rings. The summed E-state index contributed by atoms with van der Waals surface area (Å²) in [5, 5.41) is 2.76. The summed E-state index contributed by atoms with van der Waals surface area (Å²) in [6, 6.07) is 12.7. The largest absolute Gasteiger partial charge is 0.326 e. The summed E-state index contributed by atoms with van der Waals surface area (Å²) in [7, 11) is 0. The molecule has 0 radical (unpaired) electrons. The Bertz CT molecular complexity index is 837. The molecule has 0 heterocycles. The lowest BCUT2D eigenvalue weighted by atomic mass is 10.1. The van der Waals surface area contributed by atoms with Gasteiger partial charge in [0.1, 0.15) is 0 Å². The molecule has 2 rings (SSSR count). The molecule has 0 saturated carbocycles. The third kappa shape index (κ3) is 5.83. The topological polar surface area (TPSA) is 87.3 Å². The number of amides is 3. The van der Waals surface area contributed by atoms with Gasteiger partial charge in [0.05, 0.1) is 5.56 Å². The summed E-state index contributed by atoms with van der Waals surface area (Å²) in [6.45, 7) is 3.96. The maximum atomic E-state index is 12.0. The van der Waals surface area contributed by atoms with Crippen molar-refractivity contribution in [3.8, 4) is 0 Å². The molecule has 6 nitrogen and oxygen atoms in total. The van der Waals surface area contributed by atoms with E-state index >= 15 is 0 Å². The Morgan fingerprint density at radius 2 is 1.58 bits per heavy atom. The predicted octanol–water partition coefficient (Wildman–Crippen LogP) is 3.09. The number of carbonyl (C=O) groups is 3. The van der Waals surface area contributed by atoms with E-state index in [-0.39, 0.29) is 18.7 Å². The van der Waals surface area contributed by atoms with Crippen LogP contribution in [-0.2, 0) is 9.59 Å². The standard InChI is InChI=1S/C19H20IN3O3/c1-12-7-8-14(11-13(12)2)21-17(24)9-10-18(25)22-23-19(26)15-5-3-4-6-16(15)20/h3-8,11H,9-10H2,1-2H3,(H,21,24)(H,22,25)(H,23,26). The summed E-state index contributed by atoms with van der Waals surface area (Å²) < 4.78 is 0.782. The van der Waals surface area contributed by atoms with Gasteiger partial charge in [0.25, 0.3) is 5.91 Å². The minimum absolute atomic E-state index is 0.0250. The summed E-state index contributed by atoms with van der Waals surface area (Å²) >= 11 is 2.05. The van der Waals surface area contributed by atoms with Crippen LogP contribution in [0.1, 0.15) is 34.3 Å². The van der Waals surface area contributed by atoms with Crippen molar-refractivity contribution in [2.45, 2.75) is 26.7 Å². The Morgan fingerprint density at radius 3 is 2.27 bits per heavy atom. The number of aryl methyl sites for hydroxylation is 2. The van der Waals surface area contributed by atoms with Gasteiger partial charge in [-0.3, -0.25) is 25.2 Å². The van der Waals surface area contributed by atoms with E-state index in [4.69, 9.17) is 0 Å². The highest BCUT2D eigenvalue weighted by Crippen LogP contribution is 2.14. The minimum Gasteiger partial charge on any atom is -0.326 e. The van der Waals surface area contributed by atoms with Crippen molar-refractivity contribution in [1.82, 2.24) is 10.9 Å². The number of hydrogen-bond acceptors (Lipinski definition) is 3. The maximum absolute atomic E-state index is 12.0. The fourth-order valence-corrected chi connectivity index (χ4v) is 2.80. The third-order valence-corrected chi connectivity index (χ3v) is 4.74. The molecular weight excluding hydrogens is 445 g/mol. The third-order valence-electron chi connectivity index (χ3n) is 3.80. The van der Waals surface area contributed by atoms with Gasteiger partial charge < -0.3 is 5.32 Å². The van der Waals surface area contributed by atoms with Crippen LogP contribution in [0.3, 0.4) is 0 Å². The van der Waals surface area contributed by atoms with Gasteiger partial charge in [0, 0.05) is 22.1 Å². The monoisotopic (exact) mass is 465 g/mol. The number of halogens is 1. The molecule has 0 aliphatic carbocycles. The smallest absolute Gasteiger partial charge is 0.270 e. The van der Waals surface area contributed by atoms with Crippen molar-refractivity contribution in [3.63, 3.8) is 0 Å². The van der Waals surface area contributed by atoms with Crippen molar-refractivity contribution in [1.29, 1.82) is 0 Å². The number of nitrogens with one attached hydrogen (secondary N) is 3. The van der Waals surface area contributed by atoms with Gasteiger partial charge in [-0.15, -0.1) is 0 Å². The lowest BCUT2D eigenvalue weighted by Crippen LogP contribution is -2.42. The van der Waals surface area contributed by atoms with Crippen molar-refractivity contribution >= 4 is 46.0 Å². The molecule has 3 N–H and O–H groups in total. The van der Waals surface area contributed by atoms with E-state index in [9.17, 15) is 14.4 Å². The molecule has 0 spiro atoms. The molecule has 0 saturated heterocycles. The first-order valence-electron chi connectivity index (χ1n) is 8.07. The Labute approximate surface area is 165 Å². The minimum atomic E-state index is -0.431. The van der Waals surface area contributed by atoms with E-state index in [2.05, 4.69) is 16.2 Å². The molecule has 0 fully saturated rings. The van der Waals surface area contributed by atoms with Crippen molar-refractivity contribution in [2.75, 3.05) is 5.32 Å². The first-order valence-corrected chi connectivity index (χ1v) is 9.15. The molecule has 0 bridgehead atoms. The fourth-order valence-electron chi connectivity index (χ4n) is 2.17. The zero-order valence-corrected chi connectivity index (χ0v) is 16.7. The van der Waals surface area contributed by atoms with E-state index in [0.29, 0.717) is 11.3 Å². The highest BCUT2D eigenvalue weighted by molar-refractivity contribution is 14.1. The van der Waals surface area contributed by atoms with Gasteiger partial charge in [-0.2, -0.15) is 0 Å². The van der Waals surface area contributed by atoms with Crippen LogP contribution in [-0.4, -0.2) is 17.7 Å². The normalized spacial score (nSPS) is 10.1. The Hall–Kier alpha value is -2.42. The van der Waals surface area contributed by atoms with Crippen molar-refractivity contribution in [2.24, 2.45) is 0 Å². The molecule has 0 aromatic heterocycles. The average Bonchev–Trinajstić information content (AvgIpc) is 2.61. The number of rotatable bonds is 5.